The van der Waals surface area contributed by atoms with Crippen molar-refractivity contribution in [3.8, 4) is 5.75 Å². The first-order valence-electron chi connectivity index (χ1n) is 9.13. The Kier molecular flexibility index (Phi) is 5.29. The zero-order chi connectivity index (χ0) is 19.7. The summed E-state index contributed by atoms with van der Waals surface area (Å²) in [4.78, 5) is 11.9. The normalized spacial score (nSPS) is 19.8. The number of ether oxygens (including phenoxy) is 3. The Morgan fingerprint density at radius 2 is 2.14 bits per heavy atom. The second kappa shape index (κ2) is 7.71. The van der Waals surface area contributed by atoms with Crippen LogP contribution in [0.25, 0.3) is 11.0 Å². The highest BCUT2D eigenvalue weighted by Gasteiger charge is 2.33. The van der Waals surface area contributed by atoms with Gasteiger partial charge in [-0.15, -0.1) is 0 Å². The van der Waals surface area contributed by atoms with E-state index in [9.17, 15) is 4.55 Å². The third-order valence-electron chi connectivity index (χ3n) is 4.60. The number of aromatic amines is 1. The lowest BCUT2D eigenvalue weighted by Gasteiger charge is -2.18. The van der Waals surface area contributed by atoms with Gasteiger partial charge in [-0.25, -0.2) is 0 Å². The molecule has 148 valence electrons. The molecule has 0 spiro atoms. The highest BCUT2D eigenvalue weighted by molar-refractivity contribution is 7.90. The van der Waals surface area contributed by atoms with E-state index in [-0.39, 0.29) is 11.9 Å². The second-order valence-electron chi connectivity index (χ2n) is 7.19. The summed E-state index contributed by atoms with van der Waals surface area (Å²) in [5.41, 5.74) is 3.26. The highest BCUT2D eigenvalue weighted by atomic mass is 32.2. The van der Waals surface area contributed by atoms with Crippen LogP contribution in [0.5, 0.6) is 5.75 Å². The molecule has 1 aliphatic heterocycles. The number of hydrogen-bond donors (Lipinski definition) is 1. The molecule has 0 bridgehead atoms. The molecule has 0 saturated carbocycles. The number of fused-ring (bicyclic) bond motifs is 1. The largest absolute Gasteiger partial charge is 0.609 e. The van der Waals surface area contributed by atoms with Crippen molar-refractivity contribution in [2.24, 2.45) is 0 Å². The summed E-state index contributed by atoms with van der Waals surface area (Å²) in [6.07, 6.45) is 1.55. The zero-order valence-electron chi connectivity index (χ0n) is 16.1. The number of aromatic nitrogens is 3. The van der Waals surface area contributed by atoms with E-state index in [0.717, 1.165) is 22.3 Å². The first-order valence-corrected chi connectivity index (χ1v) is 10.5. The zero-order valence-corrected chi connectivity index (χ0v) is 16.9. The SMILES string of the molecule is Cc1c(OC[C@@H]2COC(C)(C)O2)ccnc1C[S+]([O-])c1nc2ccccc2[nH]1. The van der Waals surface area contributed by atoms with Gasteiger partial charge in [-0.1, -0.05) is 12.1 Å². The lowest BCUT2D eigenvalue weighted by Crippen LogP contribution is -2.25. The summed E-state index contributed by atoms with van der Waals surface area (Å²) in [7, 11) is 0. The summed E-state index contributed by atoms with van der Waals surface area (Å²) >= 11 is -1.33. The van der Waals surface area contributed by atoms with Gasteiger partial charge in [0.15, 0.2) is 11.5 Å². The molecule has 1 unspecified atom stereocenters. The van der Waals surface area contributed by atoms with Gasteiger partial charge >= 0.3 is 5.16 Å². The lowest BCUT2D eigenvalue weighted by molar-refractivity contribution is -0.141. The van der Waals surface area contributed by atoms with Crippen molar-refractivity contribution < 1.29 is 18.8 Å². The first-order chi connectivity index (χ1) is 13.4. The molecular weight excluding hydrogens is 378 g/mol. The van der Waals surface area contributed by atoms with Crippen molar-refractivity contribution in [1.29, 1.82) is 0 Å². The Morgan fingerprint density at radius 3 is 2.89 bits per heavy atom. The number of benzene rings is 1. The lowest BCUT2D eigenvalue weighted by atomic mass is 10.2. The molecule has 7 nitrogen and oxygen atoms in total. The van der Waals surface area contributed by atoms with Crippen molar-refractivity contribution in [3.63, 3.8) is 0 Å². The number of pyridine rings is 1. The van der Waals surface area contributed by atoms with Crippen LogP contribution in [0.2, 0.25) is 0 Å². The van der Waals surface area contributed by atoms with Crippen LogP contribution in [-0.2, 0) is 26.4 Å². The molecule has 28 heavy (non-hydrogen) atoms. The van der Waals surface area contributed by atoms with Gasteiger partial charge in [-0.3, -0.25) is 9.97 Å². The Bertz CT molecular complexity index is 942. The molecule has 2 aromatic heterocycles. The van der Waals surface area contributed by atoms with E-state index in [1.807, 2.05) is 51.1 Å². The number of hydrogen-bond acceptors (Lipinski definition) is 6. The summed E-state index contributed by atoms with van der Waals surface area (Å²) < 4.78 is 30.0. The van der Waals surface area contributed by atoms with E-state index >= 15 is 0 Å². The minimum absolute atomic E-state index is 0.115. The third kappa shape index (κ3) is 4.15. The van der Waals surface area contributed by atoms with Crippen LogP contribution < -0.4 is 4.74 Å². The number of imidazole rings is 1. The van der Waals surface area contributed by atoms with Crippen LogP contribution in [-0.4, -0.2) is 44.6 Å². The third-order valence-corrected chi connectivity index (χ3v) is 5.76. The maximum atomic E-state index is 12.8. The van der Waals surface area contributed by atoms with Crippen LogP contribution in [0.3, 0.4) is 0 Å². The molecule has 3 aromatic rings. The maximum absolute atomic E-state index is 12.8. The van der Waals surface area contributed by atoms with Gasteiger partial charge in [-0.2, -0.15) is 4.98 Å². The molecule has 0 aliphatic carbocycles. The average Bonchev–Trinajstić information content (AvgIpc) is 3.25. The standard InChI is InChI=1S/C20H23N3O4S/c1-13-17(12-28(24)19-22-15-6-4-5-7-16(15)23-19)21-9-8-18(13)25-10-14-11-26-20(2,3)27-14/h4-9,14H,10-12H2,1-3H3,(H,22,23)/t14-,28?/m1/s1. The Morgan fingerprint density at radius 1 is 1.32 bits per heavy atom. The number of rotatable bonds is 6. The molecule has 8 heteroatoms. The van der Waals surface area contributed by atoms with Crippen molar-refractivity contribution in [1.82, 2.24) is 15.0 Å². The van der Waals surface area contributed by atoms with Crippen molar-refractivity contribution >= 4 is 22.2 Å². The van der Waals surface area contributed by atoms with Gasteiger partial charge in [0, 0.05) is 22.9 Å². The van der Waals surface area contributed by atoms with Crippen molar-refractivity contribution in [3.05, 3.63) is 47.8 Å². The van der Waals surface area contributed by atoms with E-state index in [2.05, 4.69) is 15.0 Å². The predicted molar refractivity (Wildman–Crippen MR) is 106 cm³/mol. The summed E-state index contributed by atoms with van der Waals surface area (Å²) in [6.45, 7) is 6.58. The van der Waals surface area contributed by atoms with Crippen LogP contribution in [0, 0.1) is 6.92 Å². The number of nitrogens with zero attached hydrogens (tertiary/aromatic N) is 2. The molecule has 3 heterocycles. The van der Waals surface area contributed by atoms with Crippen LogP contribution in [0.1, 0.15) is 25.1 Å². The van der Waals surface area contributed by atoms with Crippen LogP contribution >= 0.6 is 0 Å². The molecule has 1 aromatic carbocycles. The highest BCUT2D eigenvalue weighted by Crippen LogP contribution is 2.26. The van der Waals surface area contributed by atoms with E-state index in [0.29, 0.717) is 24.1 Å². The van der Waals surface area contributed by atoms with Gasteiger partial charge in [-0.05, 0) is 39.0 Å². The van der Waals surface area contributed by atoms with Gasteiger partial charge in [0.2, 0.25) is 0 Å². The summed E-state index contributed by atoms with van der Waals surface area (Å²) in [6, 6.07) is 9.43. The monoisotopic (exact) mass is 401 g/mol. The Hall–Kier alpha value is -2.13. The molecule has 1 saturated heterocycles. The predicted octanol–water partition coefficient (Wildman–Crippen LogP) is 3.10. The average molecular weight is 401 g/mol. The summed E-state index contributed by atoms with van der Waals surface area (Å²) in [5.74, 6) is 0.398. The Labute approximate surface area is 166 Å². The molecule has 0 radical (unpaired) electrons. The van der Waals surface area contributed by atoms with E-state index in [1.54, 1.807) is 6.20 Å². The van der Waals surface area contributed by atoms with Crippen LogP contribution in [0.15, 0.2) is 41.7 Å². The number of nitrogens with one attached hydrogen (secondary N) is 1. The molecule has 2 atom stereocenters. The van der Waals surface area contributed by atoms with Gasteiger partial charge in [0.05, 0.1) is 23.3 Å². The van der Waals surface area contributed by atoms with Gasteiger partial charge < -0.3 is 18.8 Å². The van der Waals surface area contributed by atoms with Crippen LogP contribution in [0.4, 0.5) is 0 Å². The van der Waals surface area contributed by atoms with Crippen molar-refractivity contribution in [2.45, 2.75) is 43.6 Å². The molecule has 0 amide bonds. The van der Waals surface area contributed by atoms with Gasteiger partial charge in [0.25, 0.3) is 0 Å². The second-order valence-corrected chi connectivity index (χ2v) is 8.56. The molecule has 1 fully saturated rings. The Balaban J connectivity index is 1.44. The van der Waals surface area contributed by atoms with Gasteiger partial charge in [0.1, 0.15) is 18.5 Å². The fraction of sp³-hybridized carbons (Fsp3) is 0.400. The quantitative estimate of drug-likeness (QED) is 0.638. The fourth-order valence-corrected chi connectivity index (χ4v) is 4.22. The first kappa shape index (κ1) is 19.2. The topological polar surface area (TPSA) is 92.3 Å². The minimum Gasteiger partial charge on any atom is -0.609 e. The molecule has 1 N–H and O–H groups in total. The molecule has 1 aliphatic rings. The molecule has 4 rings (SSSR count). The smallest absolute Gasteiger partial charge is 0.322 e. The minimum atomic E-state index is -1.33. The fourth-order valence-electron chi connectivity index (χ4n) is 3.12. The van der Waals surface area contributed by atoms with E-state index in [4.69, 9.17) is 14.2 Å². The summed E-state index contributed by atoms with van der Waals surface area (Å²) in [5, 5.41) is 0.451. The number of para-hydroxylation sites is 2. The van der Waals surface area contributed by atoms with E-state index < -0.39 is 17.0 Å². The molecular formula is C20H23N3O4S. The number of H-pyrrole nitrogens is 1. The maximum Gasteiger partial charge on any atom is 0.322 e. The van der Waals surface area contributed by atoms with E-state index in [1.165, 1.54) is 0 Å². The van der Waals surface area contributed by atoms with Crippen molar-refractivity contribution in [2.75, 3.05) is 13.2 Å².